The molecular weight excluding hydrogens is 248 g/mol. The predicted octanol–water partition coefficient (Wildman–Crippen LogP) is 3.51. The van der Waals surface area contributed by atoms with Crippen molar-refractivity contribution in [3.63, 3.8) is 0 Å². The summed E-state index contributed by atoms with van der Waals surface area (Å²) >= 11 is 1.58. The zero-order valence-electron chi connectivity index (χ0n) is 10.3. The molecule has 0 aromatic heterocycles. The van der Waals surface area contributed by atoms with Crippen LogP contribution in [0.3, 0.4) is 0 Å². The smallest absolute Gasteiger partial charge is 0.115 e. The SMILES string of the molecule is COC.Oc1ccc(Sc2ccc(O)cc2)cc1. The van der Waals surface area contributed by atoms with E-state index in [9.17, 15) is 0 Å². The number of rotatable bonds is 2. The van der Waals surface area contributed by atoms with Crippen molar-refractivity contribution >= 4 is 11.8 Å². The van der Waals surface area contributed by atoms with Crippen molar-refractivity contribution in [2.75, 3.05) is 14.2 Å². The minimum atomic E-state index is 0.269. The van der Waals surface area contributed by atoms with E-state index in [1.54, 1.807) is 50.2 Å². The van der Waals surface area contributed by atoms with Gasteiger partial charge in [-0.25, -0.2) is 0 Å². The van der Waals surface area contributed by atoms with Gasteiger partial charge in [0, 0.05) is 24.0 Å². The molecule has 0 saturated heterocycles. The van der Waals surface area contributed by atoms with Gasteiger partial charge in [0.1, 0.15) is 11.5 Å². The second-order valence-electron chi connectivity index (χ2n) is 3.50. The molecule has 0 bridgehead atoms. The highest BCUT2D eigenvalue weighted by Crippen LogP contribution is 2.29. The summed E-state index contributed by atoms with van der Waals surface area (Å²) in [4.78, 5) is 2.11. The normalized spacial score (nSPS) is 9.44. The summed E-state index contributed by atoms with van der Waals surface area (Å²) in [5.41, 5.74) is 0. The Hall–Kier alpha value is -1.65. The van der Waals surface area contributed by atoms with Gasteiger partial charge >= 0.3 is 0 Å². The molecule has 2 N–H and O–H groups in total. The van der Waals surface area contributed by atoms with Crippen LogP contribution >= 0.6 is 11.8 Å². The van der Waals surface area contributed by atoms with Gasteiger partial charge in [0.15, 0.2) is 0 Å². The van der Waals surface area contributed by atoms with Gasteiger partial charge in [0.05, 0.1) is 0 Å². The largest absolute Gasteiger partial charge is 0.508 e. The first-order chi connectivity index (χ1) is 8.65. The van der Waals surface area contributed by atoms with Crippen LogP contribution in [-0.2, 0) is 4.74 Å². The van der Waals surface area contributed by atoms with E-state index in [0.717, 1.165) is 9.79 Å². The highest BCUT2D eigenvalue weighted by Gasteiger charge is 1.97. The Kier molecular flexibility index (Phi) is 6.11. The molecule has 0 heterocycles. The Morgan fingerprint density at radius 3 is 1.28 bits per heavy atom. The fourth-order valence-corrected chi connectivity index (χ4v) is 1.98. The number of ether oxygens (including phenoxy) is 1. The maximum atomic E-state index is 9.12. The minimum Gasteiger partial charge on any atom is -0.508 e. The number of aromatic hydroxyl groups is 2. The molecule has 0 radical (unpaired) electrons. The first kappa shape index (κ1) is 14.4. The van der Waals surface area contributed by atoms with Gasteiger partial charge in [-0.3, -0.25) is 0 Å². The third kappa shape index (κ3) is 5.12. The lowest BCUT2D eigenvalue weighted by molar-refractivity contribution is 0.277. The van der Waals surface area contributed by atoms with E-state index in [-0.39, 0.29) is 11.5 Å². The molecule has 2 aromatic carbocycles. The van der Waals surface area contributed by atoms with Crippen molar-refractivity contribution in [2.45, 2.75) is 9.79 Å². The summed E-state index contributed by atoms with van der Waals surface area (Å²) < 4.78 is 4.25. The van der Waals surface area contributed by atoms with Crippen LogP contribution in [0.4, 0.5) is 0 Å². The lowest BCUT2D eigenvalue weighted by Gasteiger charge is -2.01. The quantitative estimate of drug-likeness (QED) is 0.871. The van der Waals surface area contributed by atoms with Gasteiger partial charge in [-0.15, -0.1) is 0 Å². The van der Waals surface area contributed by atoms with Gasteiger partial charge in [0.25, 0.3) is 0 Å². The third-order valence-corrected chi connectivity index (χ3v) is 2.92. The highest BCUT2D eigenvalue weighted by molar-refractivity contribution is 7.99. The monoisotopic (exact) mass is 264 g/mol. The Labute approximate surface area is 111 Å². The summed E-state index contributed by atoms with van der Waals surface area (Å²) in [6, 6.07) is 14.0. The number of phenolic OH excluding ortho intramolecular Hbond substituents is 2. The molecule has 2 aromatic rings. The van der Waals surface area contributed by atoms with E-state index in [1.807, 2.05) is 24.3 Å². The second kappa shape index (κ2) is 7.63. The van der Waals surface area contributed by atoms with E-state index < -0.39 is 0 Å². The van der Waals surface area contributed by atoms with Crippen LogP contribution in [0.25, 0.3) is 0 Å². The van der Waals surface area contributed by atoms with E-state index in [0.29, 0.717) is 0 Å². The van der Waals surface area contributed by atoms with Crippen LogP contribution in [0.5, 0.6) is 11.5 Å². The zero-order chi connectivity index (χ0) is 13.4. The van der Waals surface area contributed by atoms with Gasteiger partial charge in [0.2, 0.25) is 0 Å². The van der Waals surface area contributed by atoms with Gasteiger partial charge in [-0.2, -0.15) is 0 Å². The van der Waals surface area contributed by atoms with Crippen molar-refractivity contribution in [3.8, 4) is 11.5 Å². The minimum absolute atomic E-state index is 0.269. The fourth-order valence-electron chi connectivity index (χ4n) is 1.16. The molecule has 2 rings (SSSR count). The fraction of sp³-hybridized carbons (Fsp3) is 0.143. The summed E-state index contributed by atoms with van der Waals surface area (Å²) in [6.45, 7) is 0. The number of methoxy groups -OCH3 is 1. The predicted molar refractivity (Wildman–Crippen MR) is 73.3 cm³/mol. The topological polar surface area (TPSA) is 49.7 Å². The maximum Gasteiger partial charge on any atom is 0.115 e. The molecule has 0 atom stereocenters. The summed E-state index contributed by atoms with van der Waals surface area (Å²) in [7, 11) is 3.25. The molecule has 0 spiro atoms. The van der Waals surface area contributed by atoms with E-state index in [4.69, 9.17) is 10.2 Å². The summed E-state index contributed by atoms with van der Waals surface area (Å²) in [6.07, 6.45) is 0. The van der Waals surface area contributed by atoms with Crippen molar-refractivity contribution in [1.29, 1.82) is 0 Å². The van der Waals surface area contributed by atoms with Crippen LogP contribution in [0.15, 0.2) is 58.3 Å². The third-order valence-electron chi connectivity index (χ3n) is 1.91. The molecule has 0 fully saturated rings. The Morgan fingerprint density at radius 1 is 0.722 bits per heavy atom. The summed E-state index contributed by atoms with van der Waals surface area (Å²) in [5.74, 6) is 0.537. The van der Waals surface area contributed by atoms with Gasteiger partial charge in [-0.05, 0) is 48.5 Å². The van der Waals surface area contributed by atoms with Crippen molar-refractivity contribution in [1.82, 2.24) is 0 Å². The summed E-state index contributed by atoms with van der Waals surface area (Å²) in [5, 5.41) is 18.2. The molecule has 0 aliphatic rings. The lowest BCUT2D eigenvalue weighted by Crippen LogP contribution is -1.73. The first-order valence-electron chi connectivity index (χ1n) is 5.31. The molecule has 18 heavy (non-hydrogen) atoms. The molecule has 0 saturated carbocycles. The second-order valence-corrected chi connectivity index (χ2v) is 4.65. The number of benzene rings is 2. The van der Waals surface area contributed by atoms with Crippen molar-refractivity contribution < 1.29 is 14.9 Å². The van der Waals surface area contributed by atoms with Crippen molar-refractivity contribution in [2.24, 2.45) is 0 Å². The standard InChI is InChI=1S/C12H10O2S.C2H6O/c13-9-1-5-11(6-2-9)15-12-7-3-10(14)4-8-12;1-3-2/h1-8,13-14H;1-2H3. The Balaban J connectivity index is 0.000000492. The van der Waals surface area contributed by atoms with Gasteiger partial charge in [-0.1, -0.05) is 11.8 Å². The van der Waals surface area contributed by atoms with E-state index in [2.05, 4.69) is 4.74 Å². The van der Waals surface area contributed by atoms with Crippen LogP contribution in [0.1, 0.15) is 0 Å². The molecule has 0 aliphatic carbocycles. The molecule has 96 valence electrons. The molecular formula is C14H16O3S. The molecule has 0 unspecified atom stereocenters. The van der Waals surface area contributed by atoms with E-state index in [1.165, 1.54) is 0 Å². The van der Waals surface area contributed by atoms with Crippen LogP contribution in [0.2, 0.25) is 0 Å². The first-order valence-corrected chi connectivity index (χ1v) is 6.13. The van der Waals surface area contributed by atoms with Crippen molar-refractivity contribution in [3.05, 3.63) is 48.5 Å². The van der Waals surface area contributed by atoms with Gasteiger partial charge < -0.3 is 14.9 Å². The number of hydrogen-bond acceptors (Lipinski definition) is 4. The van der Waals surface area contributed by atoms with Crippen LogP contribution in [-0.4, -0.2) is 24.4 Å². The average Bonchev–Trinajstić information content (AvgIpc) is 2.36. The number of hydrogen-bond donors (Lipinski definition) is 2. The molecule has 3 nitrogen and oxygen atoms in total. The lowest BCUT2D eigenvalue weighted by atomic mass is 10.3. The Bertz CT molecular complexity index is 408. The molecule has 0 amide bonds. The average molecular weight is 264 g/mol. The number of phenols is 2. The zero-order valence-corrected chi connectivity index (χ0v) is 11.1. The highest BCUT2D eigenvalue weighted by atomic mass is 32.2. The molecule has 0 aliphatic heterocycles. The van der Waals surface area contributed by atoms with Crippen LogP contribution in [0, 0.1) is 0 Å². The molecule has 4 heteroatoms. The Morgan fingerprint density at radius 2 is 1.00 bits per heavy atom. The van der Waals surface area contributed by atoms with E-state index >= 15 is 0 Å². The van der Waals surface area contributed by atoms with Crippen LogP contribution < -0.4 is 0 Å². The maximum absolute atomic E-state index is 9.12.